The van der Waals surface area contributed by atoms with E-state index in [0.717, 1.165) is 0 Å². The summed E-state index contributed by atoms with van der Waals surface area (Å²) in [7, 11) is -1.33. The molecule has 2 fully saturated rings. The second-order valence-corrected chi connectivity index (χ2v) is 19.6. The molecule has 2 rings (SSSR count). The maximum atomic E-state index is 11.0. The van der Waals surface area contributed by atoms with Crippen molar-refractivity contribution in [3.8, 4) is 0 Å². The van der Waals surface area contributed by atoms with Crippen LogP contribution in [0.1, 0.15) is 69.2 Å². The van der Waals surface area contributed by atoms with E-state index >= 15 is 0 Å². The van der Waals surface area contributed by atoms with Crippen molar-refractivity contribution in [3.05, 3.63) is 0 Å². The van der Waals surface area contributed by atoms with Crippen LogP contribution >= 0.6 is 0 Å². The average Bonchev–Trinajstić information content (AvgIpc) is 2.70. The standard InChI is InChI=1S/C21H45NO5Si2/c1-13(2)28(14(3)4)25-17-18(26-29(27-28,15(5)6)16(7)8)20(23)24-21(9,10)19(17)22(11)12/h13-20,23H,1-12H3/t17-,18+,19-,20+/m0/s1. The molecule has 2 aliphatic heterocycles. The van der Waals surface area contributed by atoms with Crippen LogP contribution < -0.4 is 0 Å². The fourth-order valence-electron chi connectivity index (χ4n) is 5.43. The van der Waals surface area contributed by atoms with E-state index < -0.39 is 35.1 Å². The van der Waals surface area contributed by atoms with Crippen LogP contribution in [0.25, 0.3) is 0 Å². The highest BCUT2D eigenvalue weighted by molar-refractivity contribution is 6.84. The van der Waals surface area contributed by atoms with Gasteiger partial charge in [0.05, 0.1) is 17.7 Å². The number of rotatable bonds is 5. The Morgan fingerprint density at radius 3 is 1.48 bits per heavy atom. The number of aliphatic hydroxyl groups excluding tert-OH is 1. The molecule has 2 saturated heterocycles. The lowest BCUT2D eigenvalue weighted by molar-refractivity contribution is -0.288. The predicted octanol–water partition coefficient (Wildman–Crippen LogP) is 4.37. The molecule has 0 radical (unpaired) electrons. The molecule has 2 aliphatic rings. The van der Waals surface area contributed by atoms with Crippen LogP contribution in [0.3, 0.4) is 0 Å². The van der Waals surface area contributed by atoms with E-state index in [1.54, 1.807) is 0 Å². The predicted molar refractivity (Wildman–Crippen MR) is 121 cm³/mol. The van der Waals surface area contributed by atoms with Crippen molar-refractivity contribution in [2.75, 3.05) is 14.1 Å². The van der Waals surface area contributed by atoms with E-state index in [-0.39, 0.29) is 34.3 Å². The molecule has 0 spiro atoms. The number of ether oxygens (including phenoxy) is 1. The quantitative estimate of drug-likeness (QED) is 0.632. The fraction of sp³-hybridized carbons (Fsp3) is 1.00. The first-order valence-corrected chi connectivity index (χ1v) is 15.1. The second-order valence-electron chi connectivity index (χ2n) is 10.8. The van der Waals surface area contributed by atoms with Crippen molar-refractivity contribution < 1.29 is 22.8 Å². The maximum absolute atomic E-state index is 11.0. The summed E-state index contributed by atoms with van der Waals surface area (Å²) >= 11 is 0. The number of fused-ring (bicyclic) bond motifs is 1. The minimum absolute atomic E-state index is 0.0620. The number of aliphatic hydroxyl groups is 1. The average molecular weight is 448 g/mol. The summed E-state index contributed by atoms with van der Waals surface area (Å²) in [6.07, 6.45) is -1.91. The molecule has 0 amide bonds. The highest BCUT2D eigenvalue weighted by Crippen LogP contribution is 2.50. The Balaban J connectivity index is 2.73. The molecule has 0 aromatic rings. The molecule has 2 heterocycles. The molecule has 1 N–H and O–H groups in total. The summed E-state index contributed by atoms with van der Waals surface area (Å²) in [4.78, 5) is 2.14. The summed E-state index contributed by atoms with van der Waals surface area (Å²) < 4.78 is 27.3. The van der Waals surface area contributed by atoms with Crippen molar-refractivity contribution >= 4 is 17.1 Å². The van der Waals surface area contributed by atoms with E-state index in [4.69, 9.17) is 17.7 Å². The first kappa shape index (κ1) is 25.5. The van der Waals surface area contributed by atoms with Crippen molar-refractivity contribution in [2.45, 2.75) is 122 Å². The van der Waals surface area contributed by atoms with Crippen LogP contribution in [0, 0.1) is 0 Å². The van der Waals surface area contributed by atoms with E-state index in [0.29, 0.717) is 0 Å². The normalized spacial score (nSPS) is 34.1. The molecule has 4 atom stereocenters. The summed E-state index contributed by atoms with van der Waals surface area (Å²) in [6, 6.07) is -0.0620. The molecular formula is C21H45NO5Si2. The van der Waals surface area contributed by atoms with Gasteiger partial charge in [0.2, 0.25) is 0 Å². The molecular weight excluding hydrogens is 402 g/mol. The number of hydrogen-bond donors (Lipinski definition) is 1. The second kappa shape index (κ2) is 8.62. The van der Waals surface area contributed by atoms with Crippen molar-refractivity contribution in [1.29, 1.82) is 0 Å². The molecule has 6 nitrogen and oxygen atoms in total. The molecule has 29 heavy (non-hydrogen) atoms. The molecule has 0 aromatic heterocycles. The number of likely N-dealkylation sites (N-methyl/N-ethyl adjacent to an activating group) is 1. The molecule has 0 bridgehead atoms. The van der Waals surface area contributed by atoms with Gasteiger partial charge in [-0.15, -0.1) is 0 Å². The van der Waals surface area contributed by atoms with E-state index in [2.05, 4.69) is 60.3 Å². The van der Waals surface area contributed by atoms with E-state index in [1.165, 1.54) is 0 Å². The highest BCUT2D eigenvalue weighted by atomic mass is 28.5. The number of nitrogens with zero attached hydrogens (tertiary/aromatic N) is 1. The van der Waals surface area contributed by atoms with E-state index in [1.807, 2.05) is 27.9 Å². The van der Waals surface area contributed by atoms with Gasteiger partial charge in [0.25, 0.3) is 0 Å². The zero-order valence-corrected chi connectivity index (χ0v) is 22.6. The molecule has 0 unspecified atom stereocenters. The Labute approximate surface area is 180 Å². The first-order valence-electron chi connectivity index (χ1n) is 11.2. The van der Waals surface area contributed by atoms with Gasteiger partial charge in [0.1, 0.15) is 6.10 Å². The third-order valence-electron chi connectivity index (χ3n) is 6.79. The Hall–Kier alpha value is 0.194. The highest BCUT2D eigenvalue weighted by Gasteiger charge is 2.65. The van der Waals surface area contributed by atoms with Gasteiger partial charge in [0.15, 0.2) is 6.29 Å². The Bertz CT molecular complexity index is 551. The Kier molecular flexibility index (Phi) is 7.56. The lowest BCUT2D eigenvalue weighted by atomic mass is 9.86. The van der Waals surface area contributed by atoms with Gasteiger partial charge < -0.3 is 27.7 Å². The summed E-state index contributed by atoms with van der Waals surface area (Å²) in [5.41, 5.74) is 0.412. The van der Waals surface area contributed by atoms with Crippen LogP contribution in [0.15, 0.2) is 0 Å². The number of hydrogen-bond acceptors (Lipinski definition) is 6. The zero-order chi connectivity index (χ0) is 22.5. The van der Waals surface area contributed by atoms with Gasteiger partial charge >= 0.3 is 17.1 Å². The van der Waals surface area contributed by atoms with Gasteiger partial charge in [-0.2, -0.15) is 0 Å². The van der Waals surface area contributed by atoms with Gasteiger partial charge in [-0.05, 0) is 50.1 Å². The van der Waals surface area contributed by atoms with Crippen molar-refractivity contribution in [2.24, 2.45) is 0 Å². The summed E-state index contributed by atoms with van der Waals surface area (Å²) in [6.45, 7) is 21.7. The SMILES string of the molecule is CC(C)[Si]1(C(C)C)O[C@@H]2[C@H](O[Si](C(C)C)(C(C)C)O1)[C@H](N(C)C)C(C)(C)O[C@H]2O. The van der Waals surface area contributed by atoms with Crippen LogP contribution in [-0.4, -0.2) is 71.4 Å². The lowest BCUT2D eigenvalue weighted by Crippen LogP contribution is -2.69. The Morgan fingerprint density at radius 2 is 1.14 bits per heavy atom. The topological polar surface area (TPSA) is 60.4 Å². The van der Waals surface area contributed by atoms with Crippen LogP contribution in [-0.2, 0) is 17.7 Å². The van der Waals surface area contributed by atoms with Gasteiger partial charge in [-0.25, -0.2) is 0 Å². The monoisotopic (exact) mass is 447 g/mol. The summed E-state index contributed by atoms with van der Waals surface area (Å²) in [5, 5.41) is 11.0. The molecule has 0 saturated carbocycles. The molecule has 8 heteroatoms. The largest absolute Gasteiger partial charge is 0.414 e. The third kappa shape index (κ3) is 4.28. The molecule has 0 aliphatic carbocycles. The summed E-state index contributed by atoms with van der Waals surface area (Å²) in [5.74, 6) is 0. The smallest absolute Gasteiger partial charge is 0.335 e. The van der Waals surface area contributed by atoms with Gasteiger partial charge in [0, 0.05) is 0 Å². The van der Waals surface area contributed by atoms with Crippen LogP contribution in [0.4, 0.5) is 0 Å². The van der Waals surface area contributed by atoms with Crippen LogP contribution in [0.5, 0.6) is 0 Å². The maximum Gasteiger partial charge on any atom is 0.335 e. The molecule has 172 valence electrons. The fourth-order valence-corrected chi connectivity index (χ4v) is 16.7. The first-order chi connectivity index (χ1) is 13.1. The Morgan fingerprint density at radius 1 is 0.759 bits per heavy atom. The van der Waals surface area contributed by atoms with E-state index in [9.17, 15) is 5.11 Å². The van der Waals surface area contributed by atoms with Crippen molar-refractivity contribution in [1.82, 2.24) is 4.90 Å². The third-order valence-corrected chi connectivity index (χ3v) is 17.1. The lowest BCUT2D eigenvalue weighted by Gasteiger charge is -2.53. The molecule has 0 aromatic carbocycles. The minimum Gasteiger partial charge on any atom is -0.414 e. The zero-order valence-electron chi connectivity index (χ0n) is 20.6. The minimum atomic E-state index is -2.73. The van der Waals surface area contributed by atoms with Crippen LogP contribution in [0.2, 0.25) is 22.2 Å². The van der Waals surface area contributed by atoms with Crippen molar-refractivity contribution in [3.63, 3.8) is 0 Å². The van der Waals surface area contributed by atoms with Gasteiger partial charge in [-0.1, -0.05) is 55.4 Å². The van der Waals surface area contributed by atoms with Gasteiger partial charge in [-0.3, -0.25) is 0 Å².